The average Bonchev–Trinajstić information content (AvgIpc) is 2.40. The topological polar surface area (TPSA) is 43.8 Å². The molecule has 0 spiro atoms. The van der Waals surface area contributed by atoms with Crippen molar-refractivity contribution in [2.45, 2.75) is 12.6 Å². The van der Waals surface area contributed by atoms with Crippen LogP contribution in [0.15, 0.2) is 30.3 Å². The summed E-state index contributed by atoms with van der Waals surface area (Å²) in [6, 6.07) is 9.51. The quantitative estimate of drug-likeness (QED) is 0.892. The standard InChI is InChI=1S/C13H17FN2O2/c14-8-12-10-16(13(17)18)7-6-15(12)9-11-4-2-1-3-5-11/h1-5,12H,6-10H2,(H,17,18). The molecule has 1 N–H and O–H groups in total. The van der Waals surface area contributed by atoms with Crippen LogP contribution in [-0.4, -0.2) is 53.4 Å². The Kier molecular flexibility index (Phi) is 4.15. The third kappa shape index (κ3) is 2.98. The van der Waals surface area contributed by atoms with Crippen LogP contribution in [0.1, 0.15) is 5.56 Å². The number of piperazine rings is 1. The molecule has 1 aliphatic heterocycles. The number of alkyl halides is 1. The predicted molar refractivity (Wildman–Crippen MR) is 66.2 cm³/mol. The zero-order valence-corrected chi connectivity index (χ0v) is 10.1. The van der Waals surface area contributed by atoms with Gasteiger partial charge in [-0.1, -0.05) is 30.3 Å². The zero-order chi connectivity index (χ0) is 13.0. The van der Waals surface area contributed by atoms with Crippen LogP contribution in [-0.2, 0) is 6.54 Å². The van der Waals surface area contributed by atoms with Crippen molar-refractivity contribution in [3.63, 3.8) is 0 Å². The fourth-order valence-electron chi connectivity index (χ4n) is 2.24. The lowest BCUT2D eigenvalue weighted by molar-refractivity contribution is 0.0534. The van der Waals surface area contributed by atoms with E-state index < -0.39 is 12.8 Å². The zero-order valence-electron chi connectivity index (χ0n) is 10.1. The molecule has 1 saturated heterocycles. The van der Waals surface area contributed by atoms with Gasteiger partial charge in [-0.3, -0.25) is 4.90 Å². The van der Waals surface area contributed by atoms with Crippen LogP contribution in [0.5, 0.6) is 0 Å². The number of halogens is 1. The number of hydrogen-bond acceptors (Lipinski definition) is 2. The van der Waals surface area contributed by atoms with E-state index in [2.05, 4.69) is 0 Å². The summed E-state index contributed by atoms with van der Waals surface area (Å²) in [4.78, 5) is 14.2. The lowest BCUT2D eigenvalue weighted by Gasteiger charge is -2.39. The molecule has 1 atom stereocenters. The minimum Gasteiger partial charge on any atom is -0.465 e. The summed E-state index contributed by atoms with van der Waals surface area (Å²) in [5.74, 6) is 0. The molecule has 1 fully saturated rings. The van der Waals surface area contributed by atoms with Crippen LogP contribution in [0.25, 0.3) is 0 Å². The molecule has 0 aromatic heterocycles. The number of carboxylic acid groups (broad SMARTS) is 1. The second-order valence-electron chi connectivity index (χ2n) is 4.49. The molecule has 5 heteroatoms. The second kappa shape index (κ2) is 5.82. The highest BCUT2D eigenvalue weighted by atomic mass is 19.1. The summed E-state index contributed by atoms with van der Waals surface area (Å²) >= 11 is 0. The number of carbonyl (C=O) groups is 1. The van der Waals surface area contributed by atoms with Crippen molar-refractivity contribution in [2.24, 2.45) is 0 Å². The molecular weight excluding hydrogens is 235 g/mol. The number of benzene rings is 1. The van der Waals surface area contributed by atoms with E-state index >= 15 is 0 Å². The summed E-state index contributed by atoms with van der Waals surface area (Å²) in [5, 5.41) is 8.91. The van der Waals surface area contributed by atoms with E-state index in [0.717, 1.165) is 5.56 Å². The monoisotopic (exact) mass is 252 g/mol. The van der Waals surface area contributed by atoms with Crippen LogP contribution in [0.4, 0.5) is 9.18 Å². The Morgan fingerprint density at radius 3 is 2.67 bits per heavy atom. The Bertz CT molecular complexity index is 399. The van der Waals surface area contributed by atoms with Crippen molar-refractivity contribution in [2.75, 3.05) is 26.3 Å². The minimum absolute atomic E-state index is 0.249. The number of amides is 1. The van der Waals surface area contributed by atoms with Crippen molar-refractivity contribution < 1.29 is 14.3 Å². The van der Waals surface area contributed by atoms with Crippen molar-refractivity contribution in [3.05, 3.63) is 35.9 Å². The highest BCUT2D eigenvalue weighted by molar-refractivity contribution is 5.65. The molecule has 4 nitrogen and oxygen atoms in total. The lowest BCUT2D eigenvalue weighted by Crippen LogP contribution is -2.54. The minimum atomic E-state index is -0.965. The molecule has 2 rings (SSSR count). The lowest BCUT2D eigenvalue weighted by atomic mass is 10.1. The highest BCUT2D eigenvalue weighted by Crippen LogP contribution is 2.14. The molecular formula is C13H17FN2O2. The van der Waals surface area contributed by atoms with Crippen LogP contribution in [0.3, 0.4) is 0 Å². The first-order valence-corrected chi connectivity index (χ1v) is 6.02. The Morgan fingerprint density at radius 2 is 2.06 bits per heavy atom. The maximum Gasteiger partial charge on any atom is 0.407 e. The van der Waals surface area contributed by atoms with E-state index in [1.54, 1.807) is 0 Å². The Balaban J connectivity index is 1.99. The molecule has 0 bridgehead atoms. The highest BCUT2D eigenvalue weighted by Gasteiger charge is 2.29. The van der Waals surface area contributed by atoms with Crippen LogP contribution < -0.4 is 0 Å². The van der Waals surface area contributed by atoms with Crippen molar-refractivity contribution >= 4 is 6.09 Å². The molecule has 0 saturated carbocycles. The van der Waals surface area contributed by atoms with Gasteiger partial charge in [0.1, 0.15) is 6.67 Å². The van der Waals surface area contributed by atoms with E-state index in [4.69, 9.17) is 5.11 Å². The molecule has 0 aliphatic carbocycles. The van der Waals surface area contributed by atoms with E-state index in [1.807, 2.05) is 35.2 Å². The van der Waals surface area contributed by atoms with Gasteiger partial charge in [0.25, 0.3) is 0 Å². The first kappa shape index (κ1) is 12.8. The Hall–Kier alpha value is -1.62. The fourth-order valence-corrected chi connectivity index (χ4v) is 2.24. The largest absolute Gasteiger partial charge is 0.465 e. The summed E-state index contributed by atoms with van der Waals surface area (Å²) in [5.41, 5.74) is 1.12. The summed E-state index contributed by atoms with van der Waals surface area (Å²) in [7, 11) is 0. The molecule has 1 unspecified atom stereocenters. The second-order valence-corrected chi connectivity index (χ2v) is 4.49. The van der Waals surface area contributed by atoms with Gasteiger partial charge < -0.3 is 10.0 Å². The third-order valence-corrected chi connectivity index (χ3v) is 3.28. The van der Waals surface area contributed by atoms with E-state index in [0.29, 0.717) is 19.6 Å². The summed E-state index contributed by atoms with van der Waals surface area (Å²) < 4.78 is 13.0. The van der Waals surface area contributed by atoms with Gasteiger partial charge in [0.05, 0.1) is 6.04 Å². The van der Waals surface area contributed by atoms with Gasteiger partial charge >= 0.3 is 6.09 Å². The summed E-state index contributed by atoms with van der Waals surface area (Å²) in [6.07, 6.45) is -0.965. The first-order chi connectivity index (χ1) is 8.70. The van der Waals surface area contributed by atoms with Crippen LogP contribution in [0.2, 0.25) is 0 Å². The first-order valence-electron chi connectivity index (χ1n) is 6.02. The van der Waals surface area contributed by atoms with Crippen LogP contribution >= 0.6 is 0 Å². The molecule has 1 aliphatic rings. The van der Waals surface area contributed by atoms with Gasteiger partial charge in [-0.2, -0.15) is 0 Å². The maximum atomic E-state index is 13.0. The third-order valence-electron chi connectivity index (χ3n) is 3.28. The molecule has 1 heterocycles. The van der Waals surface area contributed by atoms with Gasteiger partial charge in [0.2, 0.25) is 0 Å². The Labute approximate surface area is 106 Å². The van der Waals surface area contributed by atoms with Crippen LogP contribution in [0, 0.1) is 0 Å². The molecule has 0 radical (unpaired) electrons. The van der Waals surface area contributed by atoms with E-state index in [9.17, 15) is 9.18 Å². The van der Waals surface area contributed by atoms with E-state index in [1.165, 1.54) is 4.90 Å². The van der Waals surface area contributed by atoms with Crippen molar-refractivity contribution in [1.82, 2.24) is 9.80 Å². The van der Waals surface area contributed by atoms with E-state index in [-0.39, 0.29) is 12.6 Å². The molecule has 1 aromatic carbocycles. The van der Waals surface area contributed by atoms with Gasteiger partial charge in [-0.25, -0.2) is 9.18 Å². The molecule has 1 aromatic rings. The molecule has 98 valence electrons. The van der Waals surface area contributed by atoms with Crippen molar-refractivity contribution in [1.29, 1.82) is 0 Å². The number of rotatable bonds is 3. The SMILES string of the molecule is O=C(O)N1CCN(Cc2ccccc2)C(CF)C1. The smallest absolute Gasteiger partial charge is 0.407 e. The van der Waals surface area contributed by atoms with Gasteiger partial charge in [-0.15, -0.1) is 0 Å². The maximum absolute atomic E-state index is 13.0. The summed E-state index contributed by atoms with van der Waals surface area (Å²) in [6.45, 7) is 1.42. The van der Waals surface area contributed by atoms with Crippen molar-refractivity contribution in [3.8, 4) is 0 Å². The predicted octanol–water partition coefficient (Wildman–Crippen LogP) is 1.82. The number of hydrogen-bond donors (Lipinski definition) is 1. The van der Waals surface area contributed by atoms with Gasteiger partial charge in [0.15, 0.2) is 0 Å². The van der Waals surface area contributed by atoms with Gasteiger partial charge in [-0.05, 0) is 5.56 Å². The number of nitrogens with zero attached hydrogens (tertiary/aromatic N) is 2. The average molecular weight is 252 g/mol. The normalized spacial score (nSPS) is 20.9. The fraction of sp³-hybridized carbons (Fsp3) is 0.462. The molecule has 1 amide bonds. The van der Waals surface area contributed by atoms with Gasteiger partial charge in [0, 0.05) is 26.2 Å². The Morgan fingerprint density at radius 1 is 1.33 bits per heavy atom. The molecule has 18 heavy (non-hydrogen) atoms.